The highest BCUT2D eigenvalue weighted by Gasteiger charge is 2.21. The van der Waals surface area contributed by atoms with Crippen molar-refractivity contribution in [3.63, 3.8) is 0 Å². The zero-order valence-corrected chi connectivity index (χ0v) is 8.92. The van der Waals surface area contributed by atoms with Crippen molar-refractivity contribution in [3.05, 3.63) is 35.4 Å². The van der Waals surface area contributed by atoms with Crippen LogP contribution >= 0.6 is 0 Å². The van der Waals surface area contributed by atoms with Crippen LogP contribution in [0.3, 0.4) is 0 Å². The highest BCUT2D eigenvalue weighted by atomic mass is 16.5. The Morgan fingerprint density at radius 3 is 2.38 bits per heavy atom. The molecule has 0 aromatic heterocycles. The van der Waals surface area contributed by atoms with E-state index in [4.69, 9.17) is 4.74 Å². The first-order valence-electron chi connectivity index (χ1n) is 4.63. The minimum Gasteiger partial charge on any atom is -0.384 e. The number of benzene rings is 1. The van der Waals surface area contributed by atoms with Crippen molar-refractivity contribution in [1.29, 1.82) is 0 Å². The average molecular weight is 178 g/mol. The second-order valence-corrected chi connectivity index (χ2v) is 4.13. The van der Waals surface area contributed by atoms with Gasteiger partial charge in [0.1, 0.15) is 0 Å². The Hall–Kier alpha value is -0.820. The van der Waals surface area contributed by atoms with E-state index in [1.165, 1.54) is 11.1 Å². The lowest BCUT2D eigenvalue weighted by Crippen LogP contribution is -2.24. The second kappa shape index (κ2) is 3.93. The number of hydrogen-bond donors (Lipinski definition) is 0. The molecule has 0 heterocycles. The lowest BCUT2D eigenvalue weighted by molar-refractivity contribution is 0.146. The minimum absolute atomic E-state index is 0.111. The zero-order chi connectivity index (χ0) is 9.90. The fourth-order valence-electron chi connectivity index (χ4n) is 1.77. The fourth-order valence-corrected chi connectivity index (χ4v) is 1.77. The van der Waals surface area contributed by atoms with Crippen LogP contribution in [0, 0.1) is 6.92 Å². The number of ether oxygens (including phenoxy) is 1. The molecule has 0 aliphatic rings. The molecule has 1 rings (SSSR count). The maximum absolute atomic E-state index is 5.22. The predicted octanol–water partition coefficient (Wildman–Crippen LogP) is 2.92. The number of rotatable bonds is 3. The van der Waals surface area contributed by atoms with Gasteiger partial charge in [0, 0.05) is 12.5 Å². The van der Waals surface area contributed by atoms with Crippen LogP contribution in [0.2, 0.25) is 0 Å². The van der Waals surface area contributed by atoms with Crippen LogP contribution in [-0.2, 0) is 10.2 Å². The van der Waals surface area contributed by atoms with Crippen LogP contribution in [0.4, 0.5) is 0 Å². The Balaban J connectivity index is 2.99. The molecule has 0 fully saturated rings. The van der Waals surface area contributed by atoms with Gasteiger partial charge in [0.25, 0.3) is 0 Å². The topological polar surface area (TPSA) is 9.23 Å². The van der Waals surface area contributed by atoms with Gasteiger partial charge in [-0.3, -0.25) is 0 Å². The van der Waals surface area contributed by atoms with Crippen molar-refractivity contribution < 1.29 is 4.74 Å². The van der Waals surface area contributed by atoms with Gasteiger partial charge in [-0.1, -0.05) is 38.1 Å². The van der Waals surface area contributed by atoms with E-state index in [-0.39, 0.29) is 5.41 Å². The third-order valence-electron chi connectivity index (χ3n) is 2.38. The molecule has 1 heteroatoms. The van der Waals surface area contributed by atoms with Crippen LogP contribution in [0.5, 0.6) is 0 Å². The Morgan fingerprint density at radius 2 is 1.85 bits per heavy atom. The Morgan fingerprint density at radius 1 is 1.23 bits per heavy atom. The van der Waals surface area contributed by atoms with Crippen LogP contribution in [0.15, 0.2) is 24.3 Å². The molecule has 13 heavy (non-hydrogen) atoms. The molecular weight excluding hydrogens is 160 g/mol. The van der Waals surface area contributed by atoms with Crippen LogP contribution in [0.25, 0.3) is 0 Å². The van der Waals surface area contributed by atoms with Gasteiger partial charge in [0.15, 0.2) is 0 Å². The first kappa shape index (κ1) is 10.3. The highest BCUT2D eigenvalue weighted by molar-refractivity contribution is 5.32. The van der Waals surface area contributed by atoms with E-state index in [1.807, 2.05) is 0 Å². The maximum atomic E-state index is 5.22. The van der Waals surface area contributed by atoms with Gasteiger partial charge in [0.05, 0.1) is 6.61 Å². The lowest BCUT2D eigenvalue weighted by Gasteiger charge is -2.25. The summed E-state index contributed by atoms with van der Waals surface area (Å²) in [4.78, 5) is 0. The molecular formula is C12H18O. The van der Waals surface area contributed by atoms with Gasteiger partial charge in [-0.15, -0.1) is 0 Å². The van der Waals surface area contributed by atoms with Gasteiger partial charge in [-0.05, 0) is 18.1 Å². The first-order valence-corrected chi connectivity index (χ1v) is 4.63. The van der Waals surface area contributed by atoms with Crippen molar-refractivity contribution in [3.8, 4) is 0 Å². The summed E-state index contributed by atoms with van der Waals surface area (Å²) in [6.45, 7) is 7.32. The largest absolute Gasteiger partial charge is 0.384 e. The maximum Gasteiger partial charge on any atom is 0.0553 e. The number of methoxy groups -OCH3 is 1. The summed E-state index contributed by atoms with van der Waals surface area (Å²) >= 11 is 0. The molecule has 0 amide bonds. The van der Waals surface area contributed by atoms with E-state index >= 15 is 0 Å². The van der Waals surface area contributed by atoms with Gasteiger partial charge in [0.2, 0.25) is 0 Å². The third-order valence-corrected chi connectivity index (χ3v) is 2.38. The lowest BCUT2D eigenvalue weighted by atomic mass is 9.83. The molecule has 1 aromatic carbocycles. The van der Waals surface area contributed by atoms with E-state index in [1.54, 1.807) is 7.11 Å². The summed E-state index contributed by atoms with van der Waals surface area (Å²) in [7, 11) is 1.75. The van der Waals surface area contributed by atoms with Gasteiger partial charge in [-0.25, -0.2) is 0 Å². The van der Waals surface area contributed by atoms with E-state index in [2.05, 4.69) is 45.0 Å². The number of hydrogen-bond acceptors (Lipinski definition) is 1. The molecule has 0 atom stereocenters. The molecule has 0 saturated carbocycles. The number of aryl methyl sites for hydroxylation is 1. The summed E-state index contributed by atoms with van der Waals surface area (Å²) in [5.74, 6) is 0. The summed E-state index contributed by atoms with van der Waals surface area (Å²) < 4.78 is 5.22. The van der Waals surface area contributed by atoms with Crippen molar-refractivity contribution in [2.75, 3.05) is 13.7 Å². The van der Waals surface area contributed by atoms with Crippen LogP contribution in [-0.4, -0.2) is 13.7 Å². The second-order valence-electron chi connectivity index (χ2n) is 4.13. The fraction of sp³-hybridized carbons (Fsp3) is 0.500. The molecule has 0 N–H and O–H groups in total. The Kier molecular flexibility index (Phi) is 3.10. The summed E-state index contributed by atoms with van der Waals surface area (Å²) in [6.07, 6.45) is 0. The SMILES string of the molecule is COCC(C)(C)c1ccccc1C. The predicted molar refractivity (Wildman–Crippen MR) is 56.1 cm³/mol. The van der Waals surface area contributed by atoms with Crippen molar-refractivity contribution in [2.45, 2.75) is 26.2 Å². The van der Waals surface area contributed by atoms with Gasteiger partial charge < -0.3 is 4.74 Å². The summed E-state index contributed by atoms with van der Waals surface area (Å²) in [5.41, 5.74) is 2.82. The zero-order valence-electron chi connectivity index (χ0n) is 8.92. The first-order chi connectivity index (χ1) is 6.08. The smallest absolute Gasteiger partial charge is 0.0553 e. The van der Waals surface area contributed by atoms with E-state index in [0.29, 0.717) is 0 Å². The Bertz CT molecular complexity index is 276. The van der Waals surface area contributed by atoms with Crippen LogP contribution < -0.4 is 0 Å². The Labute approximate surface area is 80.7 Å². The van der Waals surface area contributed by atoms with Gasteiger partial charge >= 0.3 is 0 Å². The molecule has 0 radical (unpaired) electrons. The highest BCUT2D eigenvalue weighted by Crippen LogP contribution is 2.25. The summed E-state index contributed by atoms with van der Waals surface area (Å²) in [5, 5.41) is 0. The molecule has 72 valence electrons. The molecule has 0 spiro atoms. The molecule has 1 nitrogen and oxygen atoms in total. The molecule has 0 aliphatic carbocycles. The van der Waals surface area contributed by atoms with E-state index in [9.17, 15) is 0 Å². The average Bonchev–Trinajstić information content (AvgIpc) is 2.04. The monoisotopic (exact) mass is 178 g/mol. The quantitative estimate of drug-likeness (QED) is 0.691. The van der Waals surface area contributed by atoms with E-state index < -0.39 is 0 Å². The third kappa shape index (κ3) is 2.31. The summed E-state index contributed by atoms with van der Waals surface area (Å²) in [6, 6.07) is 8.47. The van der Waals surface area contributed by atoms with Crippen molar-refractivity contribution in [1.82, 2.24) is 0 Å². The molecule has 0 bridgehead atoms. The van der Waals surface area contributed by atoms with Crippen molar-refractivity contribution >= 4 is 0 Å². The van der Waals surface area contributed by atoms with Crippen molar-refractivity contribution in [2.24, 2.45) is 0 Å². The molecule has 0 aliphatic heterocycles. The van der Waals surface area contributed by atoms with E-state index in [0.717, 1.165) is 6.61 Å². The standard InChI is InChI=1S/C12H18O/c1-10-7-5-6-8-11(10)12(2,3)9-13-4/h5-8H,9H2,1-4H3. The van der Waals surface area contributed by atoms with Gasteiger partial charge in [-0.2, -0.15) is 0 Å². The van der Waals surface area contributed by atoms with Crippen LogP contribution in [0.1, 0.15) is 25.0 Å². The molecule has 1 aromatic rings. The molecule has 0 saturated heterocycles. The molecule has 0 unspecified atom stereocenters. The minimum atomic E-state index is 0.111. The normalized spacial score (nSPS) is 11.7.